The average Bonchev–Trinajstić information content (AvgIpc) is 3.91. The van der Waals surface area contributed by atoms with E-state index in [0.717, 1.165) is 12.1 Å². The molecule has 5 rings (SSSR count). The van der Waals surface area contributed by atoms with Crippen molar-refractivity contribution in [2.24, 2.45) is 0 Å². The monoisotopic (exact) mass is 563 g/mol. The van der Waals surface area contributed by atoms with Crippen LogP contribution >= 0.6 is 0 Å². The van der Waals surface area contributed by atoms with Gasteiger partial charge in [0.1, 0.15) is 42.5 Å². The van der Waals surface area contributed by atoms with Gasteiger partial charge in [0.2, 0.25) is 0 Å². The molecule has 2 saturated heterocycles. The smallest absolute Gasteiger partial charge is 0.350 e. The first-order valence-corrected chi connectivity index (χ1v) is 12.3. The second kappa shape index (κ2) is 11.9. The van der Waals surface area contributed by atoms with Crippen LogP contribution in [0, 0.1) is 10.1 Å². The Hall–Kier alpha value is -5.14. The lowest BCUT2D eigenvalue weighted by Crippen LogP contribution is -2.14. The molecule has 2 fully saturated rings. The fourth-order valence-electron chi connectivity index (χ4n) is 3.46. The number of hydrogen-bond acceptors (Lipinski definition) is 12. The van der Waals surface area contributed by atoms with E-state index in [-0.39, 0.29) is 53.6 Å². The molecule has 41 heavy (non-hydrogen) atoms. The molecule has 13 nitrogen and oxygen atoms in total. The Morgan fingerprint density at radius 3 is 1.56 bits per heavy atom. The molecule has 0 spiro atoms. The zero-order chi connectivity index (χ0) is 28.9. The topological polar surface area (TPSA) is 173 Å². The van der Waals surface area contributed by atoms with E-state index in [4.69, 9.17) is 28.4 Å². The first-order chi connectivity index (χ1) is 19.8. The number of epoxide rings is 2. The number of carbonyl (C=O) groups excluding carboxylic acids is 4. The van der Waals surface area contributed by atoms with Gasteiger partial charge in [-0.25, -0.2) is 19.2 Å². The molecule has 13 heteroatoms. The number of ether oxygens (including phenoxy) is 6. The Bertz CT molecular complexity index is 1490. The Morgan fingerprint density at radius 1 is 0.683 bits per heavy atom. The summed E-state index contributed by atoms with van der Waals surface area (Å²) in [7, 11) is 0. The summed E-state index contributed by atoms with van der Waals surface area (Å²) in [5.41, 5.74) is -0.816. The third-order valence-corrected chi connectivity index (χ3v) is 5.86. The van der Waals surface area contributed by atoms with E-state index < -0.39 is 40.1 Å². The highest BCUT2D eigenvalue weighted by molar-refractivity contribution is 5.99. The number of nitro groups is 1. The van der Waals surface area contributed by atoms with Gasteiger partial charge in [-0.3, -0.25) is 10.1 Å². The summed E-state index contributed by atoms with van der Waals surface area (Å²) in [5, 5.41) is 11.7. The molecule has 0 N–H and O–H groups in total. The van der Waals surface area contributed by atoms with Crippen molar-refractivity contribution in [1.29, 1.82) is 0 Å². The van der Waals surface area contributed by atoms with Crippen LogP contribution in [-0.2, 0) is 18.9 Å². The Morgan fingerprint density at radius 2 is 1.12 bits per heavy atom. The van der Waals surface area contributed by atoms with Crippen LogP contribution < -0.4 is 9.47 Å². The molecule has 0 amide bonds. The molecular weight excluding hydrogens is 542 g/mol. The molecule has 2 aliphatic heterocycles. The van der Waals surface area contributed by atoms with Gasteiger partial charge in [-0.2, -0.15) is 0 Å². The van der Waals surface area contributed by atoms with Crippen LogP contribution in [0.4, 0.5) is 5.69 Å². The van der Waals surface area contributed by atoms with E-state index in [0.29, 0.717) is 13.2 Å². The van der Waals surface area contributed by atoms with Crippen molar-refractivity contribution in [3.63, 3.8) is 0 Å². The third kappa shape index (κ3) is 7.29. The first kappa shape index (κ1) is 27.4. The number of nitro benzene ring substituents is 1. The van der Waals surface area contributed by atoms with Crippen LogP contribution in [0.3, 0.4) is 0 Å². The van der Waals surface area contributed by atoms with E-state index in [2.05, 4.69) is 0 Å². The summed E-state index contributed by atoms with van der Waals surface area (Å²) in [6.07, 6.45) is -0.159. The number of benzene rings is 3. The van der Waals surface area contributed by atoms with Gasteiger partial charge in [-0.15, -0.1) is 0 Å². The molecule has 3 aromatic rings. The van der Waals surface area contributed by atoms with Crippen molar-refractivity contribution in [2.45, 2.75) is 12.2 Å². The maximum atomic E-state index is 12.7. The van der Waals surface area contributed by atoms with E-state index >= 15 is 0 Å². The lowest BCUT2D eigenvalue weighted by Gasteiger charge is -2.08. The minimum absolute atomic E-state index is 0.0306. The summed E-state index contributed by atoms with van der Waals surface area (Å²) in [6, 6.07) is 14.1. The molecule has 210 valence electrons. The Balaban J connectivity index is 1.20. The number of hydrogen-bond donors (Lipinski definition) is 0. The second-order valence-corrected chi connectivity index (χ2v) is 8.92. The minimum atomic E-state index is -1.05. The van der Waals surface area contributed by atoms with Gasteiger partial charge in [-0.1, -0.05) is 0 Å². The lowest BCUT2D eigenvalue weighted by atomic mass is 10.1. The molecule has 0 aromatic heterocycles. The molecule has 0 saturated carbocycles. The van der Waals surface area contributed by atoms with E-state index in [1.54, 1.807) is 0 Å². The molecule has 0 aliphatic carbocycles. The lowest BCUT2D eigenvalue weighted by molar-refractivity contribution is -0.385. The molecular formula is C28H21NO12. The largest absolute Gasteiger partial charge is 0.459 e. The number of rotatable bonds is 11. The van der Waals surface area contributed by atoms with Crippen LogP contribution in [0.25, 0.3) is 0 Å². The van der Waals surface area contributed by atoms with Crippen molar-refractivity contribution in [3.8, 4) is 11.5 Å². The minimum Gasteiger partial charge on any atom is -0.459 e. The molecule has 3 aromatic carbocycles. The Kier molecular flexibility index (Phi) is 7.99. The summed E-state index contributed by atoms with van der Waals surface area (Å²) in [5.74, 6) is -3.00. The van der Waals surface area contributed by atoms with Crippen molar-refractivity contribution >= 4 is 29.6 Å². The van der Waals surface area contributed by atoms with Gasteiger partial charge in [-0.05, 0) is 60.7 Å². The number of nitrogens with zero attached hydrogens (tertiary/aromatic N) is 1. The molecule has 2 aliphatic rings. The van der Waals surface area contributed by atoms with Crippen LogP contribution in [0.5, 0.6) is 11.5 Å². The first-order valence-electron chi connectivity index (χ1n) is 12.3. The normalized spacial score (nSPS) is 16.7. The van der Waals surface area contributed by atoms with Crippen LogP contribution in [-0.4, -0.2) is 67.4 Å². The van der Waals surface area contributed by atoms with Crippen LogP contribution in [0.1, 0.15) is 41.4 Å². The highest BCUT2D eigenvalue weighted by atomic mass is 16.6. The average molecular weight is 563 g/mol. The highest BCUT2D eigenvalue weighted by Crippen LogP contribution is 2.25. The molecule has 2 heterocycles. The highest BCUT2D eigenvalue weighted by Gasteiger charge is 2.27. The van der Waals surface area contributed by atoms with Gasteiger partial charge >= 0.3 is 23.9 Å². The SMILES string of the molecule is O=C(OCC1CO1)c1ccc(OC(=O)c2ccc(C(=O)Oc3ccc(C(=O)OCC4CO4)cc3)c([N+](=O)[O-])c2)cc1. The number of carbonyl (C=O) groups is 4. The van der Waals surface area contributed by atoms with E-state index in [9.17, 15) is 29.3 Å². The van der Waals surface area contributed by atoms with Gasteiger partial charge in [0.05, 0.1) is 34.8 Å². The maximum Gasteiger partial charge on any atom is 0.350 e. The fraction of sp³-hybridized carbons (Fsp3) is 0.214. The van der Waals surface area contributed by atoms with Crippen molar-refractivity contribution < 1.29 is 52.5 Å². The summed E-state index contributed by atoms with van der Waals surface area (Å²) in [4.78, 5) is 60.2. The number of esters is 4. The van der Waals surface area contributed by atoms with Crippen molar-refractivity contribution in [1.82, 2.24) is 0 Å². The zero-order valence-corrected chi connectivity index (χ0v) is 21.2. The second-order valence-electron chi connectivity index (χ2n) is 8.92. The van der Waals surface area contributed by atoms with Crippen molar-refractivity contribution in [3.05, 3.63) is 99.1 Å². The summed E-state index contributed by atoms with van der Waals surface area (Å²) >= 11 is 0. The fourth-order valence-corrected chi connectivity index (χ4v) is 3.46. The van der Waals surface area contributed by atoms with Crippen LogP contribution in [0.2, 0.25) is 0 Å². The maximum absolute atomic E-state index is 12.7. The quantitative estimate of drug-likeness (QED) is 0.110. The molecule has 2 atom stereocenters. The van der Waals surface area contributed by atoms with E-state index in [1.807, 2.05) is 0 Å². The molecule has 0 radical (unpaired) electrons. The van der Waals surface area contributed by atoms with Crippen molar-refractivity contribution in [2.75, 3.05) is 26.4 Å². The van der Waals surface area contributed by atoms with Gasteiger partial charge in [0.15, 0.2) is 0 Å². The third-order valence-electron chi connectivity index (χ3n) is 5.86. The van der Waals surface area contributed by atoms with Crippen LogP contribution in [0.15, 0.2) is 66.7 Å². The van der Waals surface area contributed by atoms with Gasteiger partial charge in [0, 0.05) is 6.07 Å². The molecule has 0 bridgehead atoms. The Labute approximate surface area is 231 Å². The van der Waals surface area contributed by atoms with Gasteiger partial charge < -0.3 is 28.4 Å². The standard InChI is InChI=1S/C28H21NO12/c30-25(38-14-21-12-36-21)16-1-6-19(7-2-16)40-27(32)18-5-10-23(24(11-18)29(34)35)28(33)41-20-8-3-17(4-9-20)26(31)39-15-22-13-37-22/h1-11,21-22H,12-15H2. The summed E-state index contributed by atoms with van der Waals surface area (Å²) < 4.78 is 30.6. The summed E-state index contributed by atoms with van der Waals surface area (Å²) in [6.45, 7) is 1.38. The molecule has 2 unspecified atom stereocenters. The van der Waals surface area contributed by atoms with E-state index in [1.165, 1.54) is 54.6 Å². The predicted octanol–water partition coefficient (Wildman–Crippen LogP) is 3.14. The predicted molar refractivity (Wildman–Crippen MR) is 136 cm³/mol. The zero-order valence-electron chi connectivity index (χ0n) is 21.2. The van der Waals surface area contributed by atoms with Gasteiger partial charge in [0.25, 0.3) is 5.69 Å².